The van der Waals surface area contributed by atoms with E-state index < -0.39 is 0 Å². The SMILES string of the molecule is NCCCc1cnn(-c2ncnc3nc[nH]c23)c1. The number of aryl methyl sites for hydroxylation is 1. The highest BCUT2D eigenvalue weighted by atomic mass is 15.3. The molecular formula is C11H13N7. The van der Waals surface area contributed by atoms with Crippen molar-refractivity contribution < 1.29 is 0 Å². The fourth-order valence-corrected chi connectivity index (χ4v) is 1.84. The molecule has 0 radical (unpaired) electrons. The lowest BCUT2D eigenvalue weighted by Gasteiger charge is -2.00. The second-order valence-electron chi connectivity index (χ2n) is 3.98. The van der Waals surface area contributed by atoms with Crippen LogP contribution in [0.3, 0.4) is 0 Å². The van der Waals surface area contributed by atoms with Gasteiger partial charge in [-0.3, -0.25) is 0 Å². The molecule has 0 fully saturated rings. The molecule has 3 aromatic rings. The topological polar surface area (TPSA) is 98.3 Å². The van der Waals surface area contributed by atoms with Gasteiger partial charge in [-0.05, 0) is 24.9 Å². The Morgan fingerprint density at radius 2 is 2.22 bits per heavy atom. The number of hydrogen-bond acceptors (Lipinski definition) is 5. The number of aromatic nitrogens is 6. The minimum Gasteiger partial charge on any atom is -0.340 e. The van der Waals surface area contributed by atoms with Crippen LogP contribution in [0.25, 0.3) is 17.0 Å². The molecule has 7 nitrogen and oxygen atoms in total. The van der Waals surface area contributed by atoms with Gasteiger partial charge in [0.15, 0.2) is 11.5 Å². The predicted octanol–water partition coefficient (Wildman–Crippen LogP) is 0.430. The largest absolute Gasteiger partial charge is 0.340 e. The quantitative estimate of drug-likeness (QED) is 0.692. The van der Waals surface area contributed by atoms with Crippen LogP contribution in [0.5, 0.6) is 0 Å². The maximum Gasteiger partial charge on any atom is 0.182 e. The minimum absolute atomic E-state index is 0.638. The van der Waals surface area contributed by atoms with E-state index in [0.717, 1.165) is 23.9 Å². The summed E-state index contributed by atoms with van der Waals surface area (Å²) in [5, 5.41) is 4.31. The molecule has 0 amide bonds. The van der Waals surface area contributed by atoms with Gasteiger partial charge in [-0.1, -0.05) is 0 Å². The summed E-state index contributed by atoms with van der Waals surface area (Å²) in [6.07, 6.45) is 8.75. The van der Waals surface area contributed by atoms with Gasteiger partial charge >= 0.3 is 0 Å². The zero-order valence-electron chi connectivity index (χ0n) is 9.74. The molecule has 3 heterocycles. The second-order valence-corrected chi connectivity index (χ2v) is 3.98. The number of aromatic amines is 1. The zero-order valence-corrected chi connectivity index (χ0v) is 9.74. The number of imidazole rings is 1. The molecule has 7 heteroatoms. The fraction of sp³-hybridized carbons (Fsp3) is 0.273. The lowest BCUT2D eigenvalue weighted by molar-refractivity contribution is 0.827. The smallest absolute Gasteiger partial charge is 0.182 e. The number of rotatable bonds is 4. The zero-order chi connectivity index (χ0) is 12.4. The van der Waals surface area contributed by atoms with Crippen LogP contribution in [0, 0.1) is 0 Å². The first-order valence-corrected chi connectivity index (χ1v) is 5.76. The average molecular weight is 243 g/mol. The fourth-order valence-electron chi connectivity index (χ4n) is 1.84. The summed E-state index contributed by atoms with van der Waals surface area (Å²) in [6.45, 7) is 0.684. The van der Waals surface area contributed by atoms with E-state index in [1.54, 1.807) is 11.0 Å². The Morgan fingerprint density at radius 1 is 1.28 bits per heavy atom. The van der Waals surface area contributed by atoms with Crippen LogP contribution in [0.15, 0.2) is 25.0 Å². The summed E-state index contributed by atoms with van der Waals surface area (Å²) >= 11 is 0. The molecular weight excluding hydrogens is 230 g/mol. The van der Waals surface area contributed by atoms with Crippen LogP contribution in [-0.4, -0.2) is 36.3 Å². The molecule has 0 aromatic carbocycles. The molecule has 0 unspecified atom stereocenters. The Labute approximate surface area is 103 Å². The van der Waals surface area contributed by atoms with Gasteiger partial charge in [0, 0.05) is 6.20 Å². The van der Waals surface area contributed by atoms with E-state index in [4.69, 9.17) is 5.73 Å². The van der Waals surface area contributed by atoms with Crippen molar-refractivity contribution in [2.45, 2.75) is 12.8 Å². The molecule has 0 aliphatic rings. The Hall–Kier alpha value is -2.28. The van der Waals surface area contributed by atoms with Crippen molar-refractivity contribution in [1.29, 1.82) is 0 Å². The monoisotopic (exact) mass is 243 g/mol. The molecule has 0 saturated heterocycles. The highest BCUT2D eigenvalue weighted by Crippen LogP contribution is 2.14. The number of nitrogens with one attached hydrogen (secondary N) is 1. The Morgan fingerprint density at radius 3 is 3.11 bits per heavy atom. The van der Waals surface area contributed by atoms with Crippen molar-refractivity contribution in [2.75, 3.05) is 6.54 Å². The second kappa shape index (κ2) is 4.53. The van der Waals surface area contributed by atoms with Gasteiger partial charge in [0.25, 0.3) is 0 Å². The molecule has 0 saturated carbocycles. The van der Waals surface area contributed by atoms with Crippen molar-refractivity contribution in [2.24, 2.45) is 5.73 Å². The molecule has 0 aliphatic heterocycles. The molecule has 92 valence electrons. The van der Waals surface area contributed by atoms with Crippen LogP contribution in [0.1, 0.15) is 12.0 Å². The van der Waals surface area contributed by atoms with Crippen molar-refractivity contribution >= 4 is 11.2 Å². The van der Waals surface area contributed by atoms with E-state index in [1.165, 1.54) is 6.33 Å². The van der Waals surface area contributed by atoms with Crippen LogP contribution in [-0.2, 0) is 6.42 Å². The number of hydrogen-bond donors (Lipinski definition) is 2. The molecule has 3 aromatic heterocycles. The average Bonchev–Trinajstić information content (AvgIpc) is 3.04. The van der Waals surface area contributed by atoms with Gasteiger partial charge in [-0.25, -0.2) is 19.6 Å². The lowest BCUT2D eigenvalue weighted by atomic mass is 10.2. The van der Waals surface area contributed by atoms with Gasteiger partial charge in [0.2, 0.25) is 0 Å². The summed E-state index contributed by atoms with van der Waals surface area (Å²) in [7, 11) is 0. The lowest BCUT2D eigenvalue weighted by Crippen LogP contribution is -2.01. The molecule has 0 aliphatic carbocycles. The van der Waals surface area contributed by atoms with Crippen LogP contribution >= 0.6 is 0 Å². The standard InChI is InChI=1S/C11H13N7/c12-3-1-2-8-4-17-18(5-8)11-9-10(14-6-13-9)15-7-16-11/h4-7H,1-3,12H2,(H,13,14,15,16). The Kier molecular flexibility index (Phi) is 2.73. The summed E-state index contributed by atoms with van der Waals surface area (Å²) in [5.41, 5.74) is 8.06. The highest BCUT2D eigenvalue weighted by molar-refractivity contribution is 5.77. The van der Waals surface area contributed by atoms with E-state index >= 15 is 0 Å². The van der Waals surface area contributed by atoms with Gasteiger partial charge in [0.1, 0.15) is 11.8 Å². The first kappa shape index (κ1) is 10.8. The van der Waals surface area contributed by atoms with E-state index in [0.29, 0.717) is 18.0 Å². The van der Waals surface area contributed by atoms with Crippen LogP contribution in [0.2, 0.25) is 0 Å². The van der Waals surface area contributed by atoms with Gasteiger partial charge in [-0.2, -0.15) is 5.10 Å². The summed E-state index contributed by atoms with van der Waals surface area (Å²) in [5.74, 6) is 0.705. The Bertz CT molecular complexity index is 654. The molecule has 18 heavy (non-hydrogen) atoms. The van der Waals surface area contributed by atoms with Crippen molar-refractivity contribution in [3.63, 3.8) is 0 Å². The minimum atomic E-state index is 0.638. The maximum absolute atomic E-state index is 5.49. The number of nitrogens with zero attached hydrogens (tertiary/aromatic N) is 5. The van der Waals surface area contributed by atoms with Crippen LogP contribution < -0.4 is 5.73 Å². The third kappa shape index (κ3) is 1.84. The van der Waals surface area contributed by atoms with Crippen molar-refractivity contribution in [3.8, 4) is 5.82 Å². The number of H-pyrrole nitrogens is 1. The van der Waals surface area contributed by atoms with Crippen molar-refractivity contribution in [3.05, 3.63) is 30.6 Å². The van der Waals surface area contributed by atoms with Gasteiger partial charge < -0.3 is 10.7 Å². The molecule has 3 N–H and O–H groups in total. The van der Waals surface area contributed by atoms with Gasteiger partial charge in [-0.15, -0.1) is 0 Å². The van der Waals surface area contributed by atoms with Gasteiger partial charge in [0.05, 0.1) is 12.5 Å². The molecule has 0 spiro atoms. The normalized spacial score (nSPS) is 11.2. The first-order chi connectivity index (χ1) is 8.88. The van der Waals surface area contributed by atoms with Crippen molar-refractivity contribution in [1.82, 2.24) is 29.7 Å². The summed E-state index contributed by atoms with van der Waals surface area (Å²) in [4.78, 5) is 15.4. The molecule has 0 atom stereocenters. The van der Waals surface area contributed by atoms with E-state index in [2.05, 4.69) is 25.0 Å². The predicted molar refractivity (Wildman–Crippen MR) is 66.2 cm³/mol. The van der Waals surface area contributed by atoms with E-state index in [-0.39, 0.29) is 0 Å². The number of fused-ring (bicyclic) bond motifs is 1. The van der Waals surface area contributed by atoms with E-state index in [9.17, 15) is 0 Å². The molecule has 3 rings (SSSR count). The van der Waals surface area contributed by atoms with Crippen LogP contribution in [0.4, 0.5) is 0 Å². The summed E-state index contributed by atoms with van der Waals surface area (Å²) < 4.78 is 1.73. The first-order valence-electron chi connectivity index (χ1n) is 5.76. The third-order valence-corrected chi connectivity index (χ3v) is 2.73. The number of nitrogens with two attached hydrogens (primary N) is 1. The summed E-state index contributed by atoms with van der Waals surface area (Å²) in [6, 6.07) is 0. The van der Waals surface area contributed by atoms with E-state index in [1.807, 2.05) is 12.4 Å². The maximum atomic E-state index is 5.49. The molecule has 0 bridgehead atoms. The Balaban J connectivity index is 1.98. The highest BCUT2D eigenvalue weighted by Gasteiger charge is 2.09. The third-order valence-electron chi connectivity index (χ3n) is 2.73.